The molecule has 0 spiro atoms. The average molecular weight is 386 g/mol. The highest BCUT2D eigenvalue weighted by atomic mass is 16.5. The number of nitriles is 1. The number of benzene rings is 3. The molecule has 0 fully saturated rings. The lowest BCUT2D eigenvalue weighted by Gasteiger charge is -2.11. The van der Waals surface area contributed by atoms with Crippen molar-refractivity contribution in [1.82, 2.24) is 0 Å². The second-order valence-corrected chi connectivity index (χ2v) is 6.06. The lowest BCUT2D eigenvalue weighted by molar-refractivity contribution is -0.119. The molecule has 3 aromatic carbocycles. The third-order valence-electron chi connectivity index (χ3n) is 4.17. The van der Waals surface area contributed by atoms with E-state index in [0.717, 1.165) is 0 Å². The highest BCUT2D eigenvalue weighted by molar-refractivity contribution is 6.00. The van der Waals surface area contributed by atoms with Gasteiger partial charge in [-0.1, -0.05) is 42.5 Å². The van der Waals surface area contributed by atoms with Crippen molar-refractivity contribution in [3.8, 4) is 22.9 Å². The minimum absolute atomic E-state index is 0.282. The topological polar surface area (TPSA) is 88.4 Å². The maximum absolute atomic E-state index is 12.6. The van der Waals surface area contributed by atoms with Gasteiger partial charge in [0.1, 0.15) is 5.75 Å². The maximum Gasteiger partial charge on any atom is 0.339 e. The average Bonchev–Trinajstić information content (AvgIpc) is 2.77. The lowest BCUT2D eigenvalue weighted by Crippen LogP contribution is -2.21. The molecule has 3 rings (SSSR count). The molecule has 0 unspecified atom stereocenters. The maximum atomic E-state index is 12.6. The largest absolute Gasteiger partial charge is 0.497 e. The van der Waals surface area contributed by atoms with Gasteiger partial charge in [-0.3, -0.25) is 4.79 Å². The molecular formula is C23H18N2O4. The number of hydrogen-bond donors (Lipinski definition) is 1. The van der Waals surface area contributed by atoms with Crippen LogP contribution in [0.1, 0.15) is 15.9 Å². The number of hydrogen-bond acceptors (Lipinski definition) is 5. The first-order valence-electron chi connectivity index (χ1n) is 8.82. The quantitative estimate of drug-likeness (QED) is 0.646. The van der Waals surface area contributed by atoms with E-state index in [1.54, 1.807) is 72.8 Å². The van der Waals surface area contributed by atoms with Crippen LogP contribution in [0.3, 0.4) is 0 Å². The second kappa shape index (κ2) is 9.20. The van der Waals surface area contributed by atoms with Crippen LogP contribution in [0.15, 0.2) is 72.8 Å². The van der Waals surface area contributed by atoms with Crippen LogP contribution in [-0.4, -0.2) is 25.6 Å². The van der Waals surface area contributed by atoms with Crippen molar-refractivity contribution in [2.24, 2.45) is 0 Å². The molecule has 0 aliphatic rings. The summed E-state index contributed by atoms with van der Waals surface area (Å²) in [6.07, 6.45) is 0. The monoisotopic (exact) mass is 386 g/mol. The normalized spacial score (nSPS) is 9.93. The Bertz CT molecular complexity index is 1090. The van der Waals surface area contributed by atoms with Crippen LogP contribution in [0.2, 0.25) is 0 Å². The Kier molecular flexibility index (Phi) is 6.23. The number of nitrogens with one attached hydrogen (secondary N) is 1. The molecule has 0 bridgehead atoms. The van der Waals surface area contributed by atoms with Gasteiger partial charge < -0.3 is 14.8 Å². The standard InChI is InChI=1S/C23H18N2O4/c1-28-18-9-6-8-17(13-18)25-22(26)15-29-23(27)21-12-5-4-11-20(21)19-10-3-2-7-16(19)14-24/h2-13H,15H2,1H3,(H,25,26). The summed E-state index contributed by atoms with van der Waals surface area (Å²) >= 11 is 0. The van der Waals surface area contributed by atoms with E-state index < -0.39 is 18.5 Å². The fourth-order valence-corrected chi connectivity index (χ4v) is 2.82. The molecule has 0 aliphatic heterocycles. The van der Waals surface area contributed by atoms with Gasteiger partial charge in [-0.15, -0.1) is 0 Å². The fraction of sp³-hybridized carbons (Fsp3) is 0.0870. The van der Waals surface area contributed by atoms with Crippen LogP contribution < -0.4 is 10.1 Å². The van der Waals surface area contributed by atoms with Gasteiger partial charge in [-0.25, -0.2) is 4.79 Å². The first-order valence-corrected chi connectivity index (χ1v) is 8.82. The summed E-state index contributed by atoms with van der Waals surface area (Å²) in [4.78, 5) is 24.7. The first-order chi connectivity index (χ1) is 14.1. The Morgan fingerprint density at radius 1 is 0.966 bits per heavy atom. The van der Waals surface area contributed by atoms with Crippen molar-refractivity contribution < 1.29 is 19.1 Å². The zero-order chi connectivity index (χ0) is 20.6. The molecule has 0 atom stereocenters. The highest BCUT2D eigenvalue weighted by Gasteiger charge is 2.17. The number of anilines is 1. The van der Waals surface area contributed by atoms with E-state index >= 15 is 0 Å². The predicted molar refractivity (Wildman–Crippen MR) is 108 cm³/mol. The van der Waals surface area contributed by atoms with Crippen molar-refractivity contribution in [2.75, 3.05) is 19.0 Å². The Labute approximate surface area is 168 Å². The van der Waals surface area contributed by atoms with Crippen LogP contribution in [0.25, 0.3) is 11.1 Å². The van der Waals surface area contributed by atoms with E-state index in [1.165, 1.54) is 7.11 Å². The third kappa shape index (κ3) is 4.79. The molecule has 0 radical (unpaired) electrons. The molecule has 3 aromatic rings. The van der Waals surface area contributed by atoms with Gasteiger partial charge in [0.15, 0.2) is 6.61 Å². The van der Waals surface area contributed by atoms with Crippen molar-refractivity contribution in [3.63, 3.8) is 0 Å². The predicted octanol–water partition coefficient (Wildman–Crippen LogP) is 4.03. The fourth-order valence-electron chi connectivity index (χ4n) is 2.82. The van der Waals surface area contributed by atoms with Gasteiger partial charge >= 0.3 is 5.97 Å². The first kappa shape index (κ1) is 19.6. The van der Waals surface area contributed by atoms with Crippen LogP contribution in [-0.2, 0) is 9.53 Å². The van der Waals surface area contributed by atoms with E-state index in [0.29, 0.717) is 28.1 Å². The smallest absolute Gasteiger partial charge is 0.339 e. The Morgan fingerprint density at radius 2 is 1.69 bits per heavy atom. The van der Waals surface area contributed by atoms with Gasteiger partial charge in [0.25, 0.3) is 5.91 Å². The zero-order valence-electron chi connectivity index (χ0n) is 15.7. The van der Waals surface area contributed by atoms with Crippen LogP contribution >= 0.6 is 0 Å². The number of carbonyl (C=O) groups excluding carboxylic acids is 2. The van der Waals surface area contributed by atoms with Crippen molar-refractivity contribution in [2.45, 2.75) is 0 Å². The van der Waals surface area contributed by atoms with Crippen LogP contribution in [0.4, 0.5) is 5.69 Å². The van der Waals surface area contributed by atoms with Gasteiger partial charge in [0, 0.05) is 17.3 Å². The van der Waals surface area contributed by atoms with Crippen molar-refractivity contribution in [3.05, 3.63) is 83.9 Å². The number of nitrogens with zero attached hydrogens (tertiary/aromatic N) is 1. The van der Waals surface area contributed by atoms with Gasteiger partial charge in [0.2, 0.25) is 0 Å². The summed E-state index contributed by atoms with van der Waals surface area (Å²) in [5, 5.41) is 12.0. The molecule has 0 heterocycles. The second-order valence-electron chi connectivity index (χ2n) is 6.06. The van der Waals surface area contributed by atoms with Crippen LogP contribution in [0.5, 0.6) is 5.75 Å². The van der Waals surface area contributed by atoms with Crippen molar-refractivity contribution in [1.29, 1.82) is 5.26 Å². The number of methoxy groups -OCH3 is 1. The number of carbonyl (C=O) groups is 2. The molecule has 1 N–H and O–H groups in total. The zero-order valence-corrected chi connectivity index (χ0v) is 15.7. The SMILES string of the molecule is COc1cccc(NC(=O)COC(=O)c2ccccc2-c2ccccc2C#N)c1. The minimum Gasteiger partial charge on any atom is -0.497 e. The number of ether oxygens (including phenoxy) is 2. The summed E-state index contributed by atoms with van der Waals surface area (Å²) in [6, 6.07) is 22.8. The summed E-state index contributed by atoms with van der Waals surface area (Å²) in [5.74, 6) is -0.513. The summed E-state index contributed by atoms with van der Waals surface area (Å²) in [6.45, 7) is -0.440. The highest BCUT2D eigenvalue weighted by Crippen LogP contribution is 2.27. The molecular weight excluding hydrogens is 368 g/mol. The van der Waals surface area contributed by atoms with Crippen molar-refractivity contribution >= 4 is 17.6 Å². The van der Waals surface area contributed by atoms with Gasteiger partial charge in [0.05, 0.1) is 24.3 Å². The minimum atomic E-state index is -0.644. The van der Waals surface area contributed by atoms with E-state index in [-0.39, 0.29) is 5.56 Å². The van der Waals surface area contributed by atoms with Crippen LogP contribution in [0, 0.1) is 11.3 Å². The Morgan fingerprint density at radius 3 is 2.45 bits per heavy atom. The van der Waals surface area contributed by atoms with E-state index in [9.17, 15) is 14.9 Å². The molecule has 6 nitrogen and oxygen atoms in total. The molecule has 0 saturated heterocycles. The molecule has 144 valence electrons. The van der Waals surface area contributed by atoms with E-state index in [4.69, 9.17) is 9.47 Å². The lowest BCUT2D eigenvalue weighted by atomic mass is 9.96. The number of rotatable bonds is 6. The molecule has 0 aromatic heterocycles. The van der Waals surface area contributed by atoms with Gasteiger partial charge in [-0.05, 0) is 29.8 Å². The summed E-state index contributed by atoms with van der Waals surface area (Å²) < 4.78 is 10.3. The summed E-state index contributed by atoms with van der Waals surface area (Å²) in [5.41, 5.74) is 2.47. The Hall–Kier alpha value is -4.11. The number of esters is 1. The molecule has 0 aliphatic carbocycles. The third-order valence-corrected chi connectivity index (χ3v) is 4.17. The van der Waals surface area contributed by atoms with Gasteiger partial charge in [-0.2, -0.15) is 5.26 Å². The molecule has 29 heavy (non-hydrogen) atoms. The van der Waals surface area contributed by atoms with E-state index in [1.807, 2.05) is 0 Å². The number of amides is 1. The Balaban J connectivity index is 1.72. The molecule has 6 heteroatoms. The molecule has 1 amide bonds. The van der Waals surface area contributed by atoms with E-state index in [2.05, 4.69) is 11.4 Å². The molecule has 0 saturated carbocycles. The summed E-state index contributed by atoms with van der Waals surface area (Å²) in [7, 11) is 1.53.